The average molecular weight is 1790 g/mol. The van der Waals surface area contributed by atoms with Crippen LogP contribution in [0.1, 0.15) is 143 Å². The molecule has 6 aliphatic rings. The lowest BCUT2D eigenvalue weighted by molar-refractivity contribution is -0.158. The smallest absolute Gasteiger partial charge is 0.338 e. The average Bonchev–Trinajstić information content (AvgIpc) is 1.60. The Bertz CT molecular complexity index is 5720. The summed E-state index contributed by atoms with van der Waals surface area (Å²) in [5.74, 6) is -0.304. The van der Waals surface area contributed by atoms with Gasteiger partial charge >= 0.3 is 36.0 Å². The van der Waals surface area contributed by atoms with Gasteiger partial charge in [-0.05, 0) is 94.5 Å². The Kier molecular flexibility index (Phi) is 30.0. The van der Waals surface area contributed by atoms with Gasteiger partial charge in [0, 0.05) is 36.7 Å². The van der Waals surface area contributed by atoms with Crippen LogP contribution < -0.4 is 31.9 Å². The van der Waals surface area contributed by atoms with E-state index in [4.69, 9.17) is 66.3 Å². The summed E-state index contributed by atoms with van der Waals surface area (Å²) in [7, 11) is 0. The van der Waals surface area contributed by atoms with Crippen LogP contribution in [0.25, 0.3) is 39.6 Å². The van der Waals surface area contributed by atoms with Gasteiger partial charge in [-0.2, -0.15) is 0 Å². The fourth-order valence-electron chi connectivity index (χ4n) is 16.4. The number of benzene rings is 6. The standard InChI is InChI=1S/C33H36N6O6.2C30H32N6O7/c1-3-34-33(41)38-30-27-31(36-19-35-30)39(20-37-27)25-16-23(18-42-17-22-12-8-9-13-24(22)32(40)43-4-2)28-29(25)45-26(44-28)15-14-21-10-6-5-7-11-21;2*1-3-31-30(38)35-25-22-26(33-16-32-25)36(17-34-22)27-24-23(42-29(43-24)18-10-6-5-7-11-18)21(41-27)15-39-14-19-12-8-9-13-20(19)28(37)40-4-2/h5-15,19-20,23,25-26,28-29H,3-4,16-18H2,1-2H3,(H2,34,35,36,38,41);2*5-13,16-17,21,23-24,27,29H,3-4,14-15H2,1-2H3,(H2,31,32,33,35,38)/b15-14+;;/t23?,25?,26-,28?,29?;2*21?,23?,24?,27?,29-/m010/s1. The first-order chi connectivity index (χ1) is 64.2. The van der Waals surface area contributed by atoms with Crippen LogP contribution in [0.15, 0.2) is 208 Å². The van der Waals surface area contributed by atoms with E-state index in [1.807, 2.05) is 171 Å². The first-order valence-corrected chi connectivity index (χ1v) is 43.4. The Morgan fingerprint density at radius 3 is 1.15 bits per heavy atom. The maximum atomic E-state index is 12.5. The zero-order valence-corrected chi connectivity index (χ0v) is 72.6. The van der Waals surface area contributed by atoms with Crippen molar-refractivity contribution in [2.24, 2.45) is 5.92 Å². The fraction of sp³-hybridized carbons (Fsp3) is 0.366. The topological polar surface area (TPSA) is 435 Å². The summed E-state index contributed by atoms with van der Waals surface area (Å²) in [5, 5.41) is 16.2. The highest BCUT2D eigenvalue weighted by atomic mass is 16.8. The number of fused-ring (bicyclic) bond motifs is 6. The van der Waals surface area contributed by atoms with Gasteiger partial charge in [-0.1, -0.05) is 152 Å². The van der Waals surface area contributed by atoms with Crippen molar-refractivity contribution in [3.8, 4) is 0 Å². The number of hydrogen-bond donors (Lipinski definition) is 6. The summed E-state index contributed by atoms with van der Waals surface area (Å²) in [6.07, 6.45) is 6.97. The van der Waals surface area contributed by atoms with Crippen molar-refractivity contribution < 1.29 is 95.1 Å². The molecule has 5 saturated heterocycles. The van der Waals surface area contributed by atoms with Crippen molar-refractivity contribution in [1.29, 1.82) is 0 Å². The molecule has 6 aromatic carbocycles. The molecule has 1 aliphatic carbocycles. The molecule has 131 heavy (non-hydrogen) atoms. The molecule has 11 heterocycles. The van der Waals surface area contributed by atoms with Gasteiger partial charge in [0.15, 0.2) is 82.3 Å². The molecule has 6 amide bonds. The quantitative estimate of drug-likeness (QED) is 0.0174. The molecule has 5 aliphatic heterocycles. The molecule has 0 radical (unpaired) electrons. The molecule has 38 heteroatoms. The van der Waals surface area contributed by atoms with Crippen LogP contribution in [0.3, 0.4) is 0 Å². The summed E-state index contributed by atoms with van der Waals surface area (Å²) in [6, 6.07) is 49.7. The summed E-state index contributed by atoms with van der Waals surface area (Å²) < 4.78 is 91.0. The molecule has 12 aromatic rings. The van der Waals surface area contributed by atoms with E-state index >= 15 is 0 Å². The van der Waals surface area contributed by atoms with E-state index in [1.165, 1.54) is 19.0 Å². The lowest BCUT2D eigenvalue weighted by atomic mass is 10.1. The minimum Gasteiger partial charge on any atom is -0.462 e. The van der Waals surface area contributed by atoms with Crippen molar-refractivity contribution >= 4 is 93.0 Å². The Hall–Kier alpha value is -13.5. The minimum absolute atomic E-state index is 0.0166. The van der Waals surface area contributed by atoms with Gasteiger partial charge in [-0.25, -0.2) is 73.6 Å². The van der Waals surface area contributed by atoms with Gasteiger partial charge in [0.05, 0.1) is 107 Å². The van der Waals surface area contributed by atoms with Crippen LogP contribution in [-0.4, -0.2) is 209 Å². The number of amides is 6. The summed E-state index contributed by atoms with van der Waals surface area (Å²) in [4.78, 5) is 113. The van der Waals surface area contributed by atoms with Gasteiger partial charge < -0.3 is 86.8 Å². The third-order valence-corrected chi connectivity index (χ3v) is 22.3. The molecule has 0 spiro atoms. The molecule has 0 bridgehead atoms. The number of carbonyl (C=O) groups excluding carboxylic acids is 6. The third kappa shape index (κ3) is 21.0. The predicted molar refractivity (Wildman–Crippen MR) is 472 cm³/mol. The van der Waals surface area contributed by atoms with Crippen LogP contribution in [0.5, 0.6) is 0 Å². The van der Waals surface area contributed by atoms with E-state index in [0.29, 0.717) is 106 Å². The van der Waals surface area contributed by atoms with Gasteiger partial charge in [-0.15, -0.1) is 0 Å². The molecular formula is C93H100N18O20. The van der Waals surface area contributed by atoms with Crippen molar-refractivity contribution in [1.82, 2.24) is 74.5 Å². The molecule has 38 nitrogen and oxygen atoms in total. The highest BCUT2D eigenvalue weighted by Crippen LogP contribution is 2.49. The molecule has 6 fully saturated rings. The number of urea groups is 3. The summed E-state index contributed by atoms with van der Waals surface area (Å²) >= 11 is 0. The first kappa shape index (κ1) is 90.8. The molecule has 1 saturated carbocycles. The largest absolute Gasteiger partial charge is 0.462 e. The molecule has 6 aromatic heterocycles. The van der Waals surface area contributed by atoms with Crippen molar-refractivity contribution in [3.63, 3.8) is 0 Å². The Balaban J connectivity index is 0.000000144. The maximum Gasteiger partial charge on any atom is 0.338 e. The Morgan fingerprint density at radius 1 is 0.382 bits per heavy atom. The lowest BCUT2D eigenvalue weighted by Gasteiger charge is -2.21. The third-order valence-electron chi connectivity index (χ3n) is 22.3. The van der Waals surface area contributed by atoms with E-state index in [9.17, 15) is 28.8 Å². The van der Waals surface area contributed by atoms with Crippen LogP contribution >= 0.6 is 0 Å². The number of nitrogens with zero attached hydrogens (tertiary/aromatic N) is 12. The molecule has 18 rings (SSSR count). The lowest BCUT2D eigenvalue weighted by Crippen LogP contribution is -2.31. The van der Waals surface area contributed by atoms with Crippen LogP contribution in [0.2, 0.25) is 0 Å². The number of imidazole rings is 3. The van der Waals surface area contributed by atoms with Gasteiger partial charge in [0.25, 0.3) is 0 Å². The van der Waals surface area contributed by atoms with Crippen LogP contribution in [0, 0.1) is 5.92 Å². The molecule has 12 unspecified atom stereocenters. The molecule has 15 atom stereocenters. The minimum atomic E-state index is -0.656. The fourth-order valence-corrected chi connectivity index (χ4v) is 16.4. The number of aromatic nitrogens is 12. The summed E-state index contributed by atoms with van der Waals surface area (Å²) in [5.41, 5.74) is 9.19. The van der Waals surface area contributed by atoms with Gasteiger partial charge in [-0.3, -0.25) is 25.1 Å². The maximum absolute atomic E-state index is 12.5. The van der Waals surface area contributed by atoms with Crippen molar-refractivity contribution in [2.75, 3.05) is 75.2 Å². The monoisotopic (exact) mass is 1790 g/mol. The van der Waals surface area contributed by atoms with Gasteiger partial charge in [0.2, 0.25) is 0 Å². The number of ether oxygens (including phenoxy) is 14. The number of hydrogen-bond acceptors (Lipinski definition) is 29. The number of anilines is 3. The number of esters is 3. The van der Waals surface area contributed by atoms with E-state index in [2.05, 4.69) is 76.8 Å². The second kappa shape index (κ2) is 43.3. The number of rotatable bonds is 31. The Labute approximate surface area is 752 Å². The predicted octanol–water partition coefficient (Wildman–Crippen LogP) is 12.2. The van der Waals surface area contributed by atoms with E-state index in [-0.39, 0.29) is 94.1 Å². The normalized spacial score (nSPS) is 22.7. The molecule has 682 valence electrons. The van der Waals surface area contributed by atoms with E-state index in [0.717, 1.165) is 22.3 Å². The summed E-state index contributed by atoms with van der Waals surface area (Å²) in [6.45, 7) is 14.4. The van der Waals surface area contributed by atoms with E-state index in [1.54, 1.807) is 79.2 Å². The van der Waals surface area contributed by atoms with Crippen LogP contribution in [-0.2, 0) is 86.1 Å². The van der Waals surface area contributed by atoms with Crippen LogP contribution in [0.4, 0.5) is 31.8 Å². The Morgan fingerprint density at radius 2 is 0.740 bits per heavy atom. The molecular weight excluding hydrogens is 1690 g/mol. The number of carbonyl (C=O) groups is 6. The van der Waals surface area contributed by atoms with E-state index < -0.39 is 92.0 Å². The first-order valence-electron chi connectivity index (χ1n) is 43.4. The highest BCUT2D eigenvalue weighted by molar-refractivity contribution is 5.98. The highest BCUT2D eigenvalue weighted by Gasteiger charge is 2.57. The zero-order chi connectivity index (χ0) is 90.7. The second-order valence-electron chi connectivity index (χ2n) is 30.7. The van der Waals surface area contributed by atoms with Crippen molar-refractivity contribution in [2.45, 2.75) is 154 Å². The van der Waals surface area contributed by atoms with Gasteiger partial charge in [0.1, 0.15) is 61.7 Å². The molecule has 6 N–H and O–H groups in total. The van der Waals surface area contributed by atoms with Crippen molar-refractivity contribution in [3.05, 3.63) is 258 Å². The SMILES string of the molecule is CCNC(=O)Nc1ncnc2c1ncn2C1CC(COCc2ccccc2C(=O)OCC)C2O[C@H](/C=C/c3ccccc3)OC21.CCNC(=O)Nc1ncnc2c1ncn2C1OC(COCc2ccccc2C(=O)OCC)C2O[C@@H](c3ccccc3)OC21.CCNC(=O)Nc1ncnc2c1ncn2C1OC(COCc2ccccc2C(=O)OCC)C2O[C@H](c3ccccc3)OC21. The zero-order valence-electron chi connectivity index (χ0n) is 72.6. The second-order valence-corrected chi connectivity index (χ2v) is 30.7. The number of nitrogens with one attached hydrogen (secondary N) is 6.